The van der Waals surface area contributed by atoms with Crippen LogP contribution in [0.5, 0.6) is 5.75 Å². The summed E-state index contributed by atoms with van der Waals surface area (Å²) in [6.45, 7) is 0. The molecule has 92 valence electrons. The van der Waals surface area contributed by atoms with Crippen LogP contribution in [-0.2, 0) is 9.53 Å². The molecule has 0 aliphatic carbocycles. The van der Waals surface area contributed by atoms with Crippen LogP contribution >= 0.6 is 0 Å². The maximum atomic E-state index is 11.4. The van der Waals surface area contributed by atoms with Gasteiger partial charge in [0.05, 0.1) is 32.3 Å². The molecule has 0 amide bonds. The molecule has 1 aromatic rings. The molecular formula is C13H12N2O3. The molecule has 0 radical (unpaired) electrons. The first-order chi connectivity index (χ1) is 8.67. The number of hydrogen-bond donors (Lipinski definition) is 0. The van der Waals surface area contributed by atoms with Gasteiger partial charge < -0.3 is 9.47 Å². The van der Waals surface area contributed by atoms with Crippen LogP contribution in [-0.4, -0.2) is 20.2 Å². The summed E-state index contributed by atoms with van der Waals surface area (Å²) in [7, 11) is 2.72. The number of esters is 1. The van der Waals surface area contributed by atoms with Crippen molar-refractivity contribution in [2.45, 2.75) is 5.92 Å². The second-order valence-electron chi connectivity index (χ2n) is 3.51. The third-order valence-corrected chi connectivity index (χ3v) is 2.54. The molecule has 0 aliphatic heterocycles. The van der Waals surface area contributed by atoms with Crippen LogP contribution in [0.4, 0.5) is 0 Å². The van der Waals surface area contributed by atoms with Crippen molar-refractivity contribution in [3.05, 3.63) is 29.8 Å². The second-order valence-corrected chi connectivity index (χ2v) is 3.51. The molecule has 5 heteroatoms. The zero-order chi connectivity index (χ0) is 13.5. The Morgan fingerprint density at radius 3 is 2.17 bits per heavy atom. The molecule has 0 N–H and O–H groups in total. The minimum atomic E-state index is -1.13. The van der Waals surface area contributed by atoms with Crippen LogP contribution in [0, 0.1) is 28.6 Å². The Bertz CT molecular complexity index is 496. The molecule has 0 aromatic heterocycles. The summed E-state index contributed by atoms with van der Waals surface area (Å²) in [5.74, 6) is -2.05. The van der Waals surface area contributed by atoms with E-state index in [0.717, 1.165) is 0 Å². The van der Waals surface area contributed by atoms with Crippen LogP contribution in [0.25, 0.3) is 0 Å². The van der Waals surface area contributed by atoms with Crippen molar-refractivity contribution in [1.29, 1.82) is 10.5 Å². The fourth-order valence-electron chi connectivity index (χ4n) is 1.54. The van der Waals surface area contributed by atoms with Crippen molar-refractivity contribution < 1.29 is 14.3 Å². The van der Waals surface area contributed by atoms with Gasteiger partial charge in [-0.25, -0.2) is 0 Å². The zero-order valence-electron chi connectivity index (χ0n) is 10.1. The minimum absolute atomic E-state index is 0.579. The predicted molar refractivity (Wildman–Crippen MR) is 62.5 cm³/mol. The van der Waals surface area contributed by atoms with Gasteiger partial charge in [0, 0.05) is 0 Å². The van der Waals surface area contributed by atoms with Gasteiger partial charge in [-0.15, -0.1) is 0 Å². The molecule has 0 saturated heterocycles. The molecule has 0 saturated carbocycles. The monoisotopic (exact) mass is 244 g/mol. The SMILES string of the molecule is COC(=O)[C@H](C#N)[C@H](C#N)c1ccc(OC)cc1. The number of carbonyl (C=O) groups excluding carboxylic acids is 1. The zero-order valence-corrected chi connectivity index (χ0v) is 10.1. The molecular weight excluding hydrogens is 232 g/mol. The number of hydrogen-bond acceptors (Lipinski definition) is 5. The van der Waals surface area contributed by atoms with E-state index in [1.54, 1.807) is 30.3 Å². The van der Waals surface area contributed by atoms with Crippen molar-refractivity contribution in [1.82, 2.24) is 0 Å². The van der Waals surface area contributed by atoms with Crippen molar-refractivity contribution in [2.75, 3.05) is 14.2 Å². The summed E-state index contributed by atoms with van der Waals surface area (Å²) in [5, 5.41) is 18.1. The smallest absolute Gasteiger partial charge is 0.324 e. The van der Waals surface area contributed by atoms with Crippen LogP contribution in [0.15, 0.2) is 24.3 Å². The molecule has 1 aromatic carbocycles. The predicted octanol–water partition coefficient (Wildman–Crippen LogP) is 1.62. The Balaban J connectivity index is 3.05. The lowest BCUT2D eigenvalue weighted by atomic mass is 9.88. The summed E-state index contributed by atoms with van der Waals surface area (Å²) in [6, 6.07) is 10.4. The van der Waals surface area contributed by atoms with Gasteiger partial charge in [-0.3, -0.25) is 4.79 Å². The summed E-state index contributed by atoms with van der Waals surface area (Å²) >= 11 is 0. The van der Waals surface area contributed by atoms with Crippen molar-refractivity contribution in [2.24, 2.45) is 5.92 Å². The highest BCUT2D eigenvalue weighted by Gasteiger charge is 2.30. The average Bonchev–Trinajstić information content (AvgIpc) is 2.44. The van der Waals surface area contributed by atoms with Crippen LogP contribution in [0.3, 0.4) is 0 Å². The van der Waals surface area contributed by atoms with Crippen LogP contribution in [0.1, 0.15) is 11.5 Å². The lowest BCUT2D eigenvalue weighted by Gasteiger charge is -2.13. The Morgan fingerprint density at radius 2 is 1.78 bits per heavy atom. The largest absolute Gasteiger partial charge is 0.497 e. The van der Waals surface area contributed by atoms with Gasteiger partial charge in [0.2, 0.25) is 0 Å². The Labute approximate surface area is 105 Å². The topological polar surface area (TPSA) is 83.1 Å². The molecule has 5 nitrogen and oxygen atoms in total. The van der Waals surface area contributed by atoms with E-state index in [0.29, 0.717) is 11.3 Å². The maximum absolute atomic E-state index is 11.4. The van der Waals surface area contributed by atoms with Gasteiger partial charge in [0.15, 0.2) is 5.92 Å². The number of methoxy groups -OCH3 is 2. The van der Waals surface area contributed by atoms with Crippen LogP contribution < -0.4 is 4.74 Å². The van der Waals surface area contributed by atoms with Gasteiger partial charge in [-0.1, -0.05) is 12.1 Å². The number of rotatable bonds is 4. The normalized spacial score (nSPS) is 12.7. The van der Waals surface area contributed by atoms with Crippen LogP contribution in [0.2, 0.25) is 0 Å². The number of benzene rings is 1. The fourth-order valence-corrected chi connectivity index (χ4v) is 1.54. The van der Waals surface area contributed by atoms with Gasteiger partial charge in [0.25, 0.3) is 0 Å². The second kappa shape index (κ2) is 6.27. The fraction of sp³-hybridized carbons (Fsp3) is 0.308. The number of ether oxygens (including phenoxy) is 2. The molecule has 2 atom stereocenters. The summed E-state index contributed by atoms with van der Waals surface area (Å²) in [5.41, 5.74) is 0.579. The van der Waals surface area contributed by atoms with E-state index < -0.39 is 17.8 Å². The minimum Gasteiger partial charge on any atom is -0.497 e. The third kappa shape index (κ3) is 2.78. The first-order valence-electron chi connectivity index (χ1n) is 5.19. The summed E-state index contributed by atoms with van der Waals surface area (Å²) in [6.07, 6.45) is 0. The lowest BCUT2D eigenvalue weighted by Crippen LogP contribution is -2.21. The molecule has 0 aliphatic rings. The molecule has 0 heterocycles. The van der Waals surface area contributed by atoms with Crippen molar-refractivity contribution >= 4 is 5.97 Å². The molecule has 1 rings (SSSR count). The first kappa shape index (κ1) is 13.5. The molecule has 0 unspecified atom stereocenters. The molecule has 18 heavy (non-hydrogen) atoms. The quantitative estimate of drug-likeness (QED) is 0.751. The van der Waals surface area contributed by atoms with Crippen molar-refractivity contribution in [3.63, 3.8) is 0 Å². The highest BCUT2D eigenvalue weighted by Crippen LogP contribution is 2.26. The Morgan fingerprint density at radius 1 is 1.17 bits per heavy atom. The highest BCUT2D eigenvalue weighted by molar-refractivity contribution is 5.77. The number of carbonyl (C=O) groups is 1. The van der Waals surface area contributed by atoms with E-state index in [1.807, 2.05) is 6.07 Å². The summed E-state index contributed by atoms with van der Waals surface area (Å²) in [4.78, 5) is 11.4. The van der Waals surface area contributed by atoms with E-state index in [4.69, 9.17) is 15.3 Å². The number of nitriles is 2. The van der Waals surface area contributed by atoms with E-state index in [9.17, 15) is 4.79 Å². The molecule has 0 fully saturated rings. The van der Waals surface area contributed by atoms with Gasteiger partial charge in [-0.05, 0) is 17.7 Å². The van der Waals surface area contributed by atoms with Gasteiger partial charge in [-0.2, -0.15) is 10.5 Å². The van der Waals surface area contributed by atoms with E-state index in [-0.39, 0.29) is 0 Å². The van der Waals surface area contributed by atoms with Crippen molar-refractivity contribution in [3.8, 4) is 17.9 Å². The van der Waals surface area contributed by atoms with E-state index >= 15 is 0 Å². The highest BCUT2D eigenvalue weighted by atomic mass is 16.5. The summed E-state index contributed by atoms with van der Waals surface area (Å²) < 4.78 is 9.51. The average molecular weight is 244 g/mol. The third-order valence-electron chi connectivity index (χ3n) is 2.54. The van der Waals surface area contributed by atoms with E-state index in [1.165, 1.54) is 14.2 Å². The molecule has 0 spiro atoms. The van der Waals surface area contributed by atoms with Gasteiger partial charge in [0.1, 0.15) is 5.75 Å². The first-order valence-corrected chi connectivity index (χ1v) is 5.19. The van der Waals surface area contributed by atoms with E-state index in [2.05, 4.69) is 4.74 Å². The number of nitrogens with zero attached hydrogens (tertiary/aromatic N) is 2. The Hall–Kier alpha value is -2.53. The molecule has 0 bridgehead atoms. The lowest BCUT2D eigenvalue weighted by molar-refractivity contribution is -0.143. The Kier molecular flexibility index (Phi) is 4.71. The maximum Gasteiger partial charge on any atom is 0.324 e. The van der Waals surface area contributed by atoms with Gasteiger partial charge >= 0.3 is 5.97 Å². The standard InChI is InChI=1S/C13H12N2O3/c1-17-10-5-3-9(4-6-10)11(7-14)12(8-15)13(16)18-2/h3-6,11-12H,1-2H3/t11-,12-/m1/s1.